The lowest BCUT2D eigenvalue weighted by molar-refractivity contribution is -0.156. The second-order valence-electron chi connectivity index (χ2n) is 2.84. The molecule has 1 aliphatic rings. The molecule has 13 heavy (non-hydrogen) atoms. The van der Waals surface area contributed by atoms with Gasteiger partial charge >= 0.3 is 11.9 Å². The molecule has 0 unspecified atom stereocenters. The first kappa shape index (κ1) is 7.78. The average Bonchev–Trinajstić information content (AvgIpc) is 2.59. The summed E-state index contributed by atoms with van der Waals surface area (Å²) in [6, 6.07) is 0. The van der Waals surface area contributed by atoms with Crippen LogP contribution in [0.25, 0.3) is 0 Å². The molecular formula is C7H7N3O3. The summed E-state index contributed by atoms with van der Waals surface area (Å²) in [7, 11) is 0. The Labute approximate surface area is 73.2 Å². The number of rotatable bonds is 0. The highest BCUT2D eigenvalue weighted by Crippen LogP contribution is 2.19. The number of carboxylic acids is 1. The number of hydrogen-bond donors (Lipinski definition) is 2. The van der Waals surface area contributed by atoms with Crippen molar-refractivity contribution in [3.05, 3.63) is 17.5 Å². The minimum Gasteiger partial charge on any atom is -0.474 e. The van der Waals surface area contributed by atoms with Crippen molar-refractivity contribution in [3.63, 3.8) is 0 Å². The van der Waals surface area contributed by atoms with Gasteiger partial charge in [-0.25, -0.2) is 4.79 Å². The quantitative estimate of drug-likeness (QED) is 0.520. The fraction of sp³-hybridized carbons (Fsp3) is 0.286. The number of amides is 1. The number of hydrogen-bond acceptors (Lipinski definition) is 3. The molecule has 68 valence electrons. The van der Waals surface area contributed by atoms with Crippen molar-refractivity contribution in [3.8, 4) is 0 Å². The van der Waals surface area contributed by atoms with E-state index in [2.05, 4.69) is 10.2 Å². The second-order valence-corrected chi connectivity index (χ2v) is 2.84. The summed E-state index contributed by atoms with van der Waals surface area (Å²) in [5.74, 6) is -2.29. The number of aliphatic carboxylic acids is 1. The Morgan fingerprint density at radius 3 is 2.92 bits per heavy atom. The van der Waals surface area contributed by atoms with Crippen LogP contribution in [-0.4, -0.2) is 32.1 Å². The first-order chi connectivity index (χ1) is 6.18. The van der Waals surface area contributed by atoms with E-state index in [1.165, 1.54) is 4.90 Å². The minimum absolute atomic E-state index is 0.306. The first-order valence-corrected chi connectivity index (χ1v) is 3.72. The molecule has 0 fully saturated rings. The van der Waals surface area contributed by atoms with Gasteiger partial charge in [-0.15, -0.1) is 0 Å². The van der Waals surface area contributed by atoms with Crippen molar-refractivity contribution in [2.75, 3.05) is 0 Å². The zero-order valence-electron chi connectivity index (χ0n) is 6.65. The molecule has 0 saturated carbocycles. The van der Waals surface area contributed by atoms with Crippen LogP contribution < -0.4 is 0 Å². The molecule has 6 heteroatoms. The Bertz CT molecular complexity index is 350. The number of H-pyrrole nitrogens is 1. The van der Waals surface area contributed by atoms with Gasteiger partial charge in [0.1, 0.15) is 0 Å². The predicted molar refractivity (Wildman–Crippen MR) is 40.5 cm³/mol. The van der Waals surface area contributed by atoms with Crippen LogP contribution in [0.15, 0.2) is 6.20 Å². The van der Waals surface area contributed by atoms with Crippen LogP contribution in [0, 0.1) is 0 Å². The Balaban J connectivity index is 2.14. The summed E-state index contributed by atoms with van der Waals surface area (Å²) in [6.07, 6.45) is 1.60. The van der Waals surface area contributed by atoms with E-state index >= 15 is 0 Å². The molecule has 0 spiro atoms. The highest BCUT2D eigenvalue weighted by molar-refractivity contribution is 6.31. The zero-order chi connectivity index (χ0) is 9.42. The van der Waals surface area contributed by atoms with Crippen LogP contribution >= 0.6 is 0 Å². The molecule has 1 aromatic heterocycles. The van der Waals surface area contributed by atoms with Gasteiger partial charge in [0.05, 0.1) is 25.0 Å². The molecule has 0 bridgehead atoms. The summed E-state index contributed by atoms with van der Waals surface area (Å²) in [5, 5.41) is 14.9. The third-order valence-electron chi connectivity index (χ3n) is 1.99. The maximum Gasteiger partial charge on any atom is 0.394 e. The molecule has 2 rings (SSSR count). The number of nitrogens with zero attached hydrogens (tertiary/aromatic N) is 2. The third kappa shape index (κ3) is 1.16. The number of nitrogens with one attached hydrogen (secondary N) is 1. The second kappa shape index (κ2) is 2.58. The summed E-state index contributed by atoms with van der Waals surface area (Å²) in [4.78, 5) is 22.6. The Kier molecular flexibility index (Phi) is 1.54. The lowest BCUT2D eigenvalue weighted by Crippen LogP contribution is -2.32. The monoisotopic (exact) mass is 181 g/mol. The number of fused-ring (bicyclic) bond motifs is 1. The topological polar surface area (TPSA) is 86.3 Å². The SMILES string of the molecule is O=C(O)C(=O)N1Cc2cn[nH]c2C1. The summed E-state index contributed by atoms with van der Waals surface area (Å²) in [5.41, 5.74) is 1.70. The van der Waals surface area contributed by atoms with Crippen molar-refractivity contribution in [2.45, 2.75) is 13.1 Å². The van der Waals surface area contributed by atoms with Crippen molar-refractivity contribution >= 4 is 11.9 Å². The van der Waals surface area contributed by atoms with Crippen LogP contribution in [0.3, 0.4) is 0 Å². The van der Waals surface area contributed by atoms with Crippen molar-refractivity contribution in [1.82, 2.24) is 15.1 Å². The van der Waals surface area contributed by atoms with E-state index in [-0.39, 0.29) is 0 Å². The van der Waals surface area contributed by atoms with E-state index < -0.39 is 11.9 Å². The first-order valence-electron chi connectivity index (χ1n) is 3.72. The fourth-order valence-corrected chi connectivity index (χ4v) is 1.34. The Hall–Kier alpha value is -1.85. The molecule has 0 atom stereocenters. The van der Waals surface area contributed by atoms with E-state index in [1.54, 1.807) is 6.20 Å². The largest absolute Gasteiger partial charge is 0.474 e. The highest BCUT2D eigenvalue weighted by atomic mass is 16.4. The lowest BCUT2D eigenvalue weighted by Gasteiger charge is -2.11. The molecule has 2 N–H and O–H groups in total. The number of carboxylic acid groups (broad SMARTS) is 1. The highest BCUT2D eigenvalue weighted by Gasteiger charge is 2.28. The Morgan fingerprint density at radius 1 is 1.54 bits per heavy atom. The van der Waals surface area contributed by atoms with E-state index in [0.29, 0.717) is 13.1 Å². The zero-order valence-corrected chi connectivity index (χ0v) is 6.65. The maximum atomic E-state index is 11.0. The number of aromatic nitrogens is 2. The molecule has 1 amide bonds. The van der Waals surface area contributed by atoms with Gasteiger partial charge in [0.2, 0.25) is 0 Å². The average molecular weight is 181 g/mol. The van der Waals surface area contributed by atoms with E-state index in [4.69, 9.17) is 5.11 Å². The number of carbonyl (C=O) groups excluding carboxylic acids is 1. The van der Waals surface area contributed by atoms with Crippen LogP contribution in [0.4, 0.5) is 0 Å². The molecule has 0 aliphatic carbocycles. The van der Waals surface area contributed by atoms with Crippen LogP contribution in [0.1, 0.15) is 11.3 Å². The minimum atomic E-state index is -1.42. The normalized spacial score (nSPS) is 14.3. The van der Waals surface area contributed by atoms with Gasteiger partial charge in [-0.2, -0.15) is 5.10 Å². The number of aromatic amines is 1. The lowest BCUT2D eigenvalue weighted by atomic mass is 10.3. The molecule has 2 heterocycles. The third-order valence-corrected chi connectivity index (χ3v) is 1.99. The van der Waals surface area contributed by atoms with E-state index in [1.807, 2.05) is 0 Å². The molecule has 0 saturated heterocycles. The van der Waals surface area contributed by atoms with Crippen molar-refractivity contribution in [1.29, 1.82) is 0 Å². The Morgan fingerprint density at radius 2 is 2.31 bits per heavy atom. The summed E-state index contributed by atoms with van der Waals surface area (Å²) >= 11 is 0. The fourth-order valence-electron chi connectivity index (χ4n) is 1.34. The molecule has 6 nitrogen and oxygen atoms in total. The van der Waals surface area contributed by atoms with Gasteiger partial charge in [0.15, 0.2) is 0 Å². The molecule has 0 aromatic carbocycles. The van der Waals surface area contributed by atoms with Gasteiger partial charge in [-0.3, -0.25) is 9.89 Å². The number of carbonyl (C=O) groups is 2. The van der Waals surface area contributed by atoms with Gasteiger partial charge in [-0.1, -0.05) is 0 Å². The molecule has 1 aromatic rings. The van der Waals surface area contributed by atoms with Gasteiger partial charge < -0.3 is 10.0 Å². The smallest absolute Gasteiger partial charge is 0.394 e. The van der Waals surface area contributed by atoms with Crippen LogP contribution in [0.2, 0.25) is 0 Å². The maximum absolute atomic E-state index is 11.0. The molecule has 1 aliphatic heterocycles. The van der Waals surface area contributed by atoms with Crippen LogP contribution in [0.5, 0.6) is 0 Å². The summed E-state index contributed by atoms with van der Waals surface area (Å²) < 4.78 is 0. The molecule has 0 radical (unpaired) electrons. The summed E-state index contributed by atoms with van der Waals surface area (Å²) in [6.45, 7) is 0.636. The van der Waals surface area contributed by atoms with Gasteiger partial charge in [0, 0.05) is 5.56 Å². The standard InChI is InChI=1S/C7H7N3O3/c11-6(7(12)13)10-2-4-1-8-9-5(4)3-10/h1H,2-3H2,(H,8,9)(H,12,13). The predicted octanol–water partition coefficient (Wildman–Crippen LogP) is -0.664. The van der Waals surface area contributed by atoms with Gasteiger partial charge in [-0.05, 0) is 0 Å². The van der Waals surface area contributed by atoms with E-state index in [9.17, 15) is 9.59 Å². The van der Waals surface area contributed by atoms with Crippen LogP contribution in [-0.2, 0) is 22.7 Å². The molecular weight excluding hydrogens is 174 g/mol. The van der Waals surface area contributed by atoms with Crippen molar-refractivity contribution in [2.24, 2.45) is 0 Å². The van der Waals surface area contributed by atoms with Gasteiger partial charge in [0.25, 0.3) is 0 Å². The van der Waals surface area contributed by atoms with E-state index in [0.717, 1.165) is 11.3 Å². The van der Waals surface area contributed by atoms with Crippen molar-refractivity contribution < 1.29 is 14.7 Å².